The second kappa shape index (κ2) is 3.62. The van der Waals surface area contributed by atoms with Gasteiger partial charge in [0, 0.05) is 21.8 Å². The van der Waals surface area contributed by atoms with E-state index in [1.54, 1.807) is 0 Å². The first kappa shape index (κ1) is 9.53. The zero-order chi connectivity index (χ0) is 10.1. The van der Waals surface area contributed by atoms with Crippen molar-refractivity contribution in [3.05, 3.63) is 40.5 Å². The molecule has 1 aromatic heterocycles. The summed E-state index contributed by atoms with van der Waals surface area (Å²) in [5, 5.41) is 1.28. The highest BCUT2D eigenvalue weighted by atomic mass is 79.9. The van der Waals surface area contributed by atoms with Crippen LogP contribution < -0.4 is 0 Å². The Morgan fingerprint density at radius 2 is 2.07 bits per heavy atom. The van der Waals surface area contributed by atoms with E-state index >= 15 is 0 Å². The van der Waals surface area contributed by atoms with E-state index in [1.165, 1.54) is 16.6 Å². The molecule has 0 bridgehead atoms. The number of benzene rings is 1. The highest BCUT2D eigenvalue weighted by Crippen LogP contribution is 2.23. The summed E-state index contributed by atoms with van der Waals surface area (Å²) in [4.78, 5) is 0. The summed E-state index contributed by atoms with van der Waals surface area (Å²) in [6, 6.07) is 8.54. The highest BCUT2D eigenvalue weighted by Gasteiger charge is 2.02. The number of rotatable bonds is 1. The lowest BCUT2D eigenvalue weighted by molar-refractivity contribution is 1.12. The molecular weight excluding hydrogens is 238 g/mol. The molecule has 1 nitrogen and oxygen atoms in total. The number of allylic oxidation sites excluding steroid dienone is 1. The molecule has 0 aliphatic carbocycles. The minimum atomic E-state index is 1.12. The number of aromatic nitrogens is 1. The zero-order valence-electron chi connectivity index (χ0n) is 8.29. The third-order valence-corrected chi connectivity index (χ3v) is 2.79. The van der Waals surface area contributed by atoms with E-state index in [0.717, 1.165) is 4.47 Å². The van der Waals surface area contributed by atoms with Crippen molar-refractivity contribution in [1.29, 1.82) is 0 Å². The van der Waals surface area contributed by atoms with Crippen LogP contribution in [0.25, 0.3) is 17.1 Å². The van der Waals surface area contributed by atoms with Gasteiger partial charge >= 0.3 is 0 Å². The summed E-state index contributed by atoms with van der Waals surface area (Å²) in [5.41, 5.74) is 2.51. The Bertz CT molecular complexity index is 494. The molecule has 2 rings (SSSR count). The molecule has 0 saturated heterocycles. The van der Waals surface area contributed by atoms with Crippen LogP contribution in [0.4, 0.5) is 0 Å². The molecule has 0 fully saturated rings. The maximum atomic E-state index is 3.49. The van der Waals surface area contributed by atoms with Crippen molar-refractivity contribution < 1.29 is 0 Å². The van der Waals surface area contributed by atoms with Gasteiger partial charge in [0.05, 0.1) is 5.52 Å². The van der Waals surface area contributed by atoms with Crippen LogP contribution in [0.15, 0.2) is 34.8 Å². The minimum absolute atomic E-state index is 1.12. The van der Waals surface area contributed by atoms with Crippen LogP contribution in [0.3, 0.4) is 0 Å². The van der Waals surface area contributed by atoms with Crippen molar-refractivity contribution in [2.75, 3.05) is 0 Å². The van der Waals surface area contributed by atoms with Crippen molar-refractivity contribution >= 4 is 33.0 Å². The maximum Gasteiger partial charge on any atom is 0.0536 e. The summed E-state index contributed by atoms with van der Waals surface area (Å²) in [6.45, 7) is 4.15. The molecule has 0 unspecified atom stereocenters. The Kier molecular flexibility index (Phi) is 2.46. The largest absolute Gasteiger partial charge is 0.321 e. The van der Waals surface area contributed by atoms with E-state index in [0.29, 0.717) is 0 Å². The lowest BCUT2D eigenvalue weighted by Crippen LogP contribution is -1.87. The van der Waals surface area contributed by atoms with Crippen LogP contribution in [0.5, 0.6) is 0 Å². The topological polar surface area (TPSA) is 4.93 Å². The van der Waals surface area contributed by atoms with Gasteiger partial charge in [-0.05, 0) is 32.0 Å². The molecule has 2 heteroatoms. The van der Waals surface area contributed by atoms with E-state index < -0.39 is 0 Å². The average molecular weight is 250 g/mol. The Balaban J connectivity index is 2.79. The first-order valence-corrected chi connectivity index (χ1v) is 5.41. The first-order chi connectivity index (χ1) is 6.72. The van der Waals surface area contributed by atoms with Gasteiger partial charge in [0.25, 0.3) is 0 Å². The fourth-order valence-electron chi connectivity index (χ4n) is 1.68. The fraction of sp³-hybridized carbons (Fsp3) is 0.167. The van der Waals surface area contributed by atoms with Crippen LogP contribution >= 0.6 is 15.9 Å². The number of hydrogen-bond donors (Lipinski definition) is 0. The van der Waals surface area contributed by atoms with Gasteiger partial charge in [-0.25, -0.2) is 0 Å². The van der Waals surface area contributed by atoms with Gasteiger partial charge in [0.2, 0.25) is 0 Å². The van der Waals surface area contributed by atoms with E-state index in [9.17, 15) is 0 Å². The Hall–Kier alpha value is -1.02. The first-order valence-electron chi connectivity index (χ1n) is 4.62. The normalized spacial score (nSPS) is 11.6. The number of hydrogen-bond acceptors (Lipinski definition) is 0. The number of nitrogens with zero attached hydrogens (tertiary/aromatic N) is 1. The summed E-state index contributed by atoms with van der Waals surface area (Å²) < 4.78 is 3.31. The van der Waals surface area contributed by atoms with Gasteiger partial charge in [0.1, 0.15) is 0 Å². The smallest absolute Gasteiger partial charge is 0.0536 e. The fourth-order valence-corrected chi connectivity index (χ4v) is 2.03. The number of fused-ring (bicyclic) bond motifs is 1. The van der Waals surface area contributed by atoms with Crippen LogP contribution in [0.2, 0.25) is 0 Å². The molecule has 0 N–H and O–H groups in total. The van der Waals surface area contributed by atoms with Crippen molar-refractivity contribution in [2.45, 2.75) is 13.8 Å². The lowest BCUT2D eigenvalue weighted by Gasteiger charge is -2.00. The molecule has 72 valence electrons. The maximum absolute atomic E-state index is 3.49. The average Bonchev–Trinajstić information content (AvgIpc) is 2.45. The molecule has 1 aromatic carbocycles. The SMILES string of the molecule is C/C=C\n1c(C)cc2ccc(Br)cc21. The van der Waals surface area contributed by atoms with Crippen molar-refractivity contribution in [2.24, 2.45) is 0 Å². The minimum Gasteiger partial charge on any atom is -0.321 e. The van der Waals surface area contributed by atoms with Gasteiger partial charge in [-0.1, -0.05) is 28.1 Å². The predicted octanol–water partition coefficient (Wildman–Crippen LogP) is 4.20. The molecule has 0 aliphatic heterocycles. The molecule has 0 amide bonds. The van der Waals surface area contributed by atoms with Crippen LogP contribution in [0, 0.1) is 6.92 Å². The van der Waals surface area contributed by atoms with Crippen molar-refractivity contribution in [3.8, 4) is 0 Å². The number of halogens is 1. The van der Waals surface area contributed by atoms with Gasteiger partial charge < -0.3 is 4.57 Å². The van der Waals surface area contributed by atoms with E-state index in [-0.39, 0.29) is 0 Å². The molecule has 14 heavy (non-hydrogen) atoms. The van der Waals surface area contributed by atoms with E-state index in [2.05, 4.69) is 57.9 Å². The molecule has 0 atom stereocenters. The molecular formula is C12H12BrN. The third-order valence-electron chi connectivity index (χ3n) is 2.29. The second-order valence-electron chi connectivity index (χ2n) is 3.34. The molecule has 0 spiro atoms. The van der Waals surface area contributed by atoms with Crippen LogP contribution in [0.1, 0.15) is 12.6 Å². The van der Waals surface area contributed by atoms with Gasteiger partial charge in [-0.15, -0.1) is 0 Å². The second-order valence-corrected chi connectivity index (χ2v) is 4.26. The third kappa shape index (κ3) is 1.50. The Morgan fingerprint density at radius 3 is 2.79 bits per heavy atom. The van der Waals surface area contributed by atoms with Gasteiger partial charge in [-0.2, -0.15) is 0 Å². The van der Waals surface area contributed by atoms with E-state index in [1.807, 2.05) is 13.0 Å². The summed E-state index contributed by atoms with van der Waals surface area (Å²) >= 11 is 3.49. The molecule has 0 radical (unpaired) electrons. The van der Waals surface area contributed by atoms with E-state index in [4.69, 9.17) is 0 Å². The number of aryl methyl sites for hydroxylation is 1. The van der Waals surface area contributed by atoms with Crippen LogP contribution in [-0.4, -0.2) is 4.57 Å². The lowest BCUT2D eigenvalue weighted by atomic mass is 10.2. The summed E-state index contributed by atoms with van der Waals surface area (Å²) in [6.07, 6.45) is 4.14. The van der Waals surface area contributed by atoms with Crippen molar-refractivity contribution in [3.63, 3.8) is 0 Å². The van der Waals surface area contributed by atoms with Crippen molar-refractivity contribution in [1.82, 2.24) is 4.57 Å². The Morgan fingerprint density at radius 1 is 1.29 bits per heavy atom. The molecule has 0 saturated carbocycles. The predicted molar refractivity (Wildman–Crippen MR) is 65.4 cm³/mol. The van der Waals surface area contributed by atoms with Crippen LogP contribution in [-0.2, 0) is 0 Å². The molecule has 1 heterocycles. The highest BCUT2D eigenvalue weighted by molar-refractivity contribution is 9.10. The van der Waals surface area contributed by atoms with Gasteiger partial charge in [0.15, 0.2) is 0 Å². The molecule has 2 aromatic rings. The summed E-state index contributed by atoms with van der Waals surface area (Å²) in [5.74, 6) is 0. The molecule has 0 aliphatic rings. The summed E-state index contributed by atoms with van der Waals surface area (Å²) in [7, 11) is 0. The monoisotopic (exact) mass is 249 g/mol. The quantitative estimate of drug-likeness (QED) is 0.714. The Labute approximate surface area is 92.2 Å². The van der Waals surface area contributed by atoms with Gasteiger partial charge in [-0.3, -0.25) is 0 Å². The zero-order valence-corrected chi connectivity index (χ0v) is 9.88. The standard InChI is InChI=1S/C12H12BrN/c1-3-6-14-9(2)7-10-4-5-11(13)8-12(10)14/h3-8H,1-2H3/b6-3-.